The Balaban J connectivity index is 2.27. The third-order valence-corrected chi connectivity index (χ3v) is 2.90. The van der Waals surface area contributed by atoms with Gasteiger partial charge in [0, 0.05) is 19.7 Å². The van der Waals surface area contributed by atoms with Crippen LogP contribution in [0.4, 0.5) is 4.79 Å². The number of urea groups is 1. The summed E-state index contributed by atoms with van der Waals surface area (Å²) in [6, 6.07) is -0.333. The summed E-state index contributed by atoms with van der Waals surface area (Å²) in [5.74, 6) is -1.65. The molecule has 0 aromatic heterocycles. The quantitative estimate of drug-likeness (QED) is 0.604. The van der Waals surface area contributed by atoms with E-state index in [0.29, 0.717) is 19.7 Å². The maximum atomic E-state index is 11.9. The lowest BCUT2D eigenvalue weighted by molar-refractivity contribution is -0.137. The lowest BCUT2D eigenvalue weighted by Crippen LogP contribution is -2.50. The number of ether oxygens (including phenoxy) is 1. The van der Waals surface area contributed by atoms with Gasteiger partial charge in [0.25, 0.3) is 0 Å². The molecule has 1 aliphatic rings. The molecule has 0 spiro atoms. The first-order valence-corrected chi connectivity index (χ1v) is 6.65. The van der Waals surface area contributed by atoms with Crippen LogP contribution in [0.1, 0.15) is 19.8 Å². The number of likely N-dealkylation sites (tertiary alicyclic amines) is 1. The van der Waals surface area contributed by atoms with Crippen LogP contribution in [0.2, 0.25) is 0 Å². The van der Waals surface area contributed by atoms with Crippen molar-refractivity contribution in [1.82, 2.24) is 15.5 Å². The lowest BCUT2D eigenvalue weighted by atomic mass is 10.1. The van der Waals surface area contributed by atoms with Gasteiger partial charge in [0.2, 0.25) is 5.91 Å². The molecule has 8 nitrogen and oxygen atoms in total. The number of piperidine rings is 1. The van der Waals surface area contributed by atoms with Gasteiger partial charge in [-0.3, -0.25) is 9.59 Å². The van der Waals surface area contributed by atoms with Crippen LogP contribution in [-0.4, -0.2) is 66.8 Å². The molecule has 1 atom stereocenters. The van der Waals surface area contributed by atoms with Crippen molar-refractivity contribution in [2.24, 2.45) is 0 Å². The minimum atomic E-state index is -1.12. The smallest absolute Gasteiger partial charge is 0.322 e. The number of rotatable bonds is 6. The number of nitrogens with zero attached hydrogens (tertiary/aromatic N) is 1. The highest BCUT2D eigenvalue weighted by atomic mass is 16.5. The van der Waals surface area contributed by atoms with Crippen LogP contribution >= 0.6 is 0 Å². The van der Waals surface area contributed by atoms with Crippen molar-refractivity contribution in [3.63, 3.8) is 0 Å². The highest BCUT2D eigenvalue weighted by molar-refractivity contribution is 5.86. The molecule has 1 unspecified atom stereocenters. The number of aliphatic carboxylic acids is 1. The van der Waals surface area contributed by atoms with Crippen molar-refractivity contribution in [2.45, 2.75) is 25.9 Å². The second kappa shape index (κ2) is 8.36. The predicted molar refractivity (Wildman–Crippen MR) is 70.3 cm³/mol. The van der Waals surface area contributed by atoms with E-state index in [0.717, 1.165) is 12.8 Å². The van der Waals surface area contributed by atoms with E-state index in [1.807, 2.05) is 6.92 Å². The molecule has 3 N–H and O–H groups in total. The van der Waals surface area contributed by atoms with Gasteiger partial charge in [-0.2, -0.15) is 0 Å². The summed E-state index contributed by atoms with van der Waals surface area (Å²) in [5, 5.41) is 13.0. The monoisotopic (exact) mass is 287 g/mol. The van der Waals surface area contributed by atoms with E-state index in [9.17, 15) is 14.4 Å². The van der Waals surface area contributed by atoms with Gasteiger partial charge in [-0.25, -0.2) is 4.79 Å². The fourth-order valence-corrected chi connectivity index (χ4v) is 2.00. The van der Waals surface area contributed by atoms with Gasteiger partial charge in [0.15, 0.2) is 0 Å². The van der Waals surface area contributed by atoms with Crippen molar-refractivity contribution < 1.29 is 24.2 Å². The molecule has 1 saturated heterocycles. The van der Waals surface area contributed by atoms with Crippen molar-refractivity contribution in [3.05, 3.63) is 0 Å². The largest absolute Gasteiger partial charge is 0.480 e. The van der Waals surface area contributed by atoms with Crippen molar-refractivity contribution >= 4 is 17.9 Å². The molecule has 114 valence electrons. The van der Waals surface area contributed by atoms with E-state index in [4.69, 9.17) is 9.84 Å². The SMILES string of the molecule is CCOC1CCCN(C(=O)NCC(=O)NCC(=O)O)C1. The van der Waals surface area contributed by atoms with Crippen LogP contribution in [0, 0.1) is 0 Å². The minimum absolute atomic E-state index is 0.0420. The predicted octanol–water partition coefficient (Wildman–Crippen LogP) is -0.602. The number of carbonyl (C=O) groups excluding carboxylic acids is 2. The van der Waals surface area contributed by atoms with Gasteiger partial charge in [-0.1, -0.05) is 0 Å². The minimum Gasteiger partial charge on any atom is -0.480 e. The third-order valence-electron chi connectivity index (χ3n) is 2.90. The van der Waals surface area contributed by atoms with E-state index in [2.05, 4.69) is 10.6 Å². The van der Waals surface area contributed by atoms with Crippen LogP contribution in [0.15, 0.2) is 0 Å². The average molecular weight is 287 g/mol. The molecule has 20 heavy (non-hydrogen) atoms. The number of hydrogen-bond acceptors (Lipinski definition) is 4. The topological polar surface area (TPSA) is 108 Å². The third kappa shape index (κ3) is 5.87. The average Bonchev–Trinajstić information content (AvgIpc) is 2.43. The van der Waals surface area contributed by atoms with Crippen LogP contribution in [0.5, 0.6) is 0 Å². The lowest BCUT2D eigenvalue weighted by Gasteiger charge is -2.32. The molecular weight excluding hydrogens is 266 g/mol. The zero-order valence-electron chi connectivity index (χ0n) is 11.6. The molecule has 1 aliphatic heterocycles. The van der Waals surface area contributed by atoms with Gasteiger partial charge in [0.1, 0.15) is 6.54 Å². The molecule has 1 rings (SSSR count). The summed E-state index contributed by atoms with van der Waals surface area (Å²) in [4.78, 5) is 35.0. The van der Waals surface area contributed by atoms with Gasteiger partial charge < -0.3 is 25.4 Å². The highest BCUT2D eigenvalue weighted by Gasteiger charge is 2.23. The Kier molecular flexibility index (Phi) is 6.78. The molecule has 1 heterocycles. The number of hydrogen-bond donors (Lipinski definition) is 3. The summed E-state index contributed by atoms with van der Waals surface area (Å²) in [6.07, 6.45) is 1.83. The Morgan fingerprint density at radius 2 is 2.05 bits per heavy atom. The first kappa shape index (κ1) is 16.2. The van der Waals surface area contributed by atoms with Crippen molar-refractivity contribution in [3.8, 4) is 0 Å². The Morgan fingerprint density at radius 3 is 2.70 bits per heavy atom. The van der Waals surface area contributed by atoms with Gasteiger partial charge in [0.05, 0.1) is 12.6 Å². The zero-order valence-corrected chi connectivity index (χ0v) is 11.6. The maximum Gasteiger partial charge on any atom is 0.322 e. The number of carbonyl (C=O) groups is 3. The van der Waals surface area contributed by atoms with Crippen molar-refractivity contribution in [2.75, 3.05) is 32.8 Å². The number of carboxylic acid groups (broad SMARTS) is 1. The van der Waals surface area contributed by atoms with E-state index >= 15 is 0 Å². The second-order valence-electron chi connectivity index (χ2n) is 4.49. The fraction of sp³-hybridized carbons (Fsp3) is 0.750. The maximum absolute atomic E-state index is 11.9. The normalized spacial score (nSPS) is 18.4. The fourth-order valence-electron chi connectivity index (χ4n) is 2.00. The standard InChI is InChI=1S/C12H21N3O5/c1-2-20-9-4-3-5-15(8-9)12(19)14-6-10(16)13-7-11(17)18/h9H,2-8H2,1H3,(H,13,16)(H,14,19)(H,17,18). The summed E-state index contributed by atoms with van der Waals surface area (Å²) in [6.45, 7) is 2.97. The van der Waals surface area contributed by atoms with Crippen LogP contribution in [-0.2, 0) is 14.3 Å². The summed E-state index contributed by atoms with van der Waals surface area (Å²) in [7, 11) is 0. The number of amides is 3. The van der Waals surface area contributed by atoms with Crippen molar-refractivity contribution in [1.29, 1.82) is 0 Å². The van der Waals surface area contributed by atoms with E-state index < -0.39 is 18.4 Å². The second-order valence-corrected chi connectivity index (χ2v) is 4.49. The van der Waals surface area contributed by atoms with Gasteiger partial charge in [-0.15, -0.1) is 0 Å². The molecule has 3 amide bonds. The molecule has 8 heteroatoms. The molecule has 1 fully saturated rings. The van der Waals surface area contributed by atoms with Crippen LogP contribution in [0.3, 0.4) is 0 Å². The number of nitrogens with one attached hydrogen (secondary N) is 2. The first-order valence-electron chi connectivity index (χ1n) is 6.65. The Labute approximate surface area is 117 Å². The van der Waals surface area contributed by atoms with Crippen LogP contribution < -0.4 is 10.6 Å². The number of carboxylic acids is 1. The Morgan fingerprint density at radius 1 is 1.30 bits per heavy atom. The van der Waals surface area contributed by atoms with Gasteiger partial charge in [-0.05, 0) is 19.8 Å². The Bertz CT molecular complexity index is 359. The van der Waals surface area contributed by atoms with Crippen LogP contribution in [0.25, 0.3) is 0 Å². The Hall–Kier alpha value is -1.83. The molecule has 0 aromatic carbocycles. The summed E-state index contributed by atoms with van der Waals surface area (Å²) >= 11 is 0. The molecule has 0 bridgehead atoms. The van der Waals surface area contributed by atoms with Gasteiger partial charge >= 0.3 is 12.0 Å². The molecule has 0 aliphatic carbocycles. The summed E-state index contributed by atoms with van der Waals surface area (Å²) < 4.78 is 5.49. The molecule has 0 saturated carbocycles. The highest BCUT2D eigenvalue weighted by Crippen LogP contribution is 2.12. The van der Waals surface area contributed by atoms with E-state index in [1.165, 1.54) is 0 Å². The zero-order chi connectivity index (χ0) is 15.0. The molecule has 0 aromatic rings. The first-order chi connectivity index (χ1) is 9.52. The molecule has 0 radical (unpaired) electrons. The molecular formula is C12H21N3O5. The van der Waals surface area contributed by atoms with E-state index in [-0.39, 0.29) is 18.7 Å². The van der Waals surface area contributed by atoms with E-state index in [1.54, 1.807) is 4.90 Å². The summed E-state index contributed by atoms with van der Waals surface area (Å²) in [5.41, 5.74) is 0.